The maximum absolute atomic E-state index is 14.1. The van der Waals surface area contributed by atoms with E-state index in [1.165, 1.54) is 0 Å². The topological polar surface area (TPSA) is 46.5 Å². The van der Waals surface area contributed by atoms with E-state index in [-0.39, 0.29) is 12.5 Å². The van der Waals surface area contributed by atoms with Gasteiger partial charge in [-0.15, -0.1) is 0 Å². The molecule has 158 valence electrons. The third-order valence-electron chi connectivity index (χ3n) is 4.79. The molecule has 0 bridgehead atoms. The number of carboxylic acid groups (broad SMARTS) is 1. The van der Waals surface area contributed by atoms with Crippen molar-refractivity contribution >= 4 is 6.47 Å². The first-order chi connectivity index (χ1) is 12.8. The van der Waals surface area contributed by atoms with Gasteiger partial charge in [-0.3, -0.25) is 4.79 Å². The highest BCUT2D eigenvalue weighted by atomic mass is 19.4. The second kappa shape index (κ2) is 8.93. The first-order valence-corrected chi connectivity index (χ1v) is 8.00. The van der Waals surface area contributed by atoms with Crippen LogP contribution in [0.3, 0.4) is 0 Å². The van der Waals surface area contributed by atoms with Gasteiger partial charge in [-0.25, -0.2) is 17.6 Å². The Morgan fingerprint density at radius 3 is 1.86 bits per heavy atom. The summed E-state index contributed by atoms with van der Waals surface area (Å²) in [5.74, 6) is -7.33. The lowest BCUT2D eigenvalue weighted by molar-refractivity contribution is -0.122. The minimum atomic E-state index is -4.50. The summed E-state index contributed by atoms with van der Waals surface area (Å²) in [7, 11) is 1.12. The van der Waals surface area contributed by atoms with Crippen molar-refractivity contribution in [2.45, 2.75) is 33.1 Å². The van der Waals surface area contributed by atoms with Gasteiger partial charge in [0.1, 0.15) is 0 Å². The van der Waals surface area contributed by atoms with E-state index in [9.17, 15) is 30.7 Å². The van der Waals surface area contributed by atoms with Crippen LogP contribution >= 0.6 is 0 Å². The van der Waals surface area contributed by atoms with E-state index in [0.29, 0.717) is 0 Å². The number of methoxy groups -OCH3 is 1. The minimum Gasteiger partial charge on any atom is -0.483 e. The number of hydrogen-bond donors (Lipinski definition) is 1. The number of ether oxygens (including phenoxy) is 1. The van der Waals surface area contributed by atoms with E-state index >= 15 is 0 Å². The molecule has 1 aliphatic carbocycles. The zero-order valence-electron chi connectivity index (χ0n) is 15.2. The highest BCUT2D eigenvalue weighted by Gasteiger charge is 2.56. The SMILES string of the molecule is COCc1c(F)c(F)c(CC2C(/C=C\C(F)(F)F)C2(C)C)c(F)c1F.O=CO. The van der Waals surface area contributed by atoms with Gasteiger partial charge in [0.2, 0.25) is 0 Å². The van der Waals surface area contributed by atoms with Crippen LogP contribution in [0.25, 0.3) is 0 Å². The summed E-state index contributed by atoms with van der Waals surface area (Å²) in [4.78, 5) is 8.36. The van der Waals surface area contributed by atoms with Crippen LogP contribution in [0.4, 0.5) is 30.7 Å². The van der Waals surface area contributed by atoms with Crippen molar-refractivity contribution in [1.29, 1.82) is 0 Å². The normalized spacial score (nSPS) is 20.6. The Morgan fingerprint density at radius 1 is 1.04 bits per heavy atom. The zero-order chi connectivity index (χ0) is 21.9. The molecule has 0 heterocycles. The van der Waals surface area contributed by atoms with Crippen molar-refractivity contribution in [3.8, 4) is 0 Å². The average molecular weight is 416 g/mol. The van der Waals surface area contributed by atoms with Crippen LogP contribution < -0.4 is 0 Å². The van der Waals surface area contributed by atoms with Crippen LogP contribution in [0.2, 0.25) is 0 Å². The van der Waals surface area contributed by atoms with Gasteiger partial charge in [0, 0.05) is 18.7 Å². The molecule has 3 nitrogen and oxygen atoms in total. The fourth-order valence-corrected chi connectivity index (χ4v) is 3.16. The second-order valence-electron chi connectivity index (χ2n) is 6.81. The largest absolute Gasteiger partial charge is 0.483 e. The molecule has 0 radical (unpaired) electrons. The lowest BCUT2D eigenvalue weighted by Gasteiger charge is -2.12. The molecule has 2 rings (SSSR count). The first kappa shape index (κ1) is 23.9. The van der Waals surface area contributed by atoms with Crippen molar-refractivity contribution in [3.05, 3.63) is 46.5 Å². The van der Waals surface area contributed by atoms with Crippen molar-refractivity contribution in [3.63, 3.8) is 0 Å². The summed E-state index contributed by atoms with van der Waals surface area (Å²) in [5.41, 5.74) is -2.32. The highest BCUT2D eigenvalue weighted by molar-refractivity contribution is 5.33. The number of alkyl halides is 3. The molecular formula is C18H19F7O3. The van der Waals surface area contributed by atoms with E-state index in [2.05, 4.69) is 4.74 Å². The number of rotatable bonds is 5. The van der Waals surface area contributed by atoms with Gasteiger partial charge in [0.15, 0.2) is 23.3 Å². The van der Waals surface area contributed by atoms with Crippen molar-refractivity contribution in [1.82, 2.24) is 0 Å². The summed E-state index contributed by atoms with van der Waals surface area (Å²) >= 11 is 0. The molecular weight excluding hydrogens is 397 g/mol. The van der Waals surface area contributed by atoms with Gasteiger partial charge < -0.3 is 9.84 Å². The fraction of sp³-hybridized carbons (Fsp3) is 0.500. The summed E-state index contributed by atoms with van der Waals surface area (Å²) in [6, 6.07) is 0. The van der Waals surface area contributed by atoms with Crippen molar-refractivity contribution < 1.29 is 45.4 Å². The Morgan fingerprint density at radius 2 is 1.46 bits per heavy atom. The molecule has 1 saturated carbocycles. The fourth-order valence-electron chi connectivity index (χ4n) is 3.16. The molecule has 1 fully saturated rings. The predicted octanol–water partition coefficient (Wildman–Crippen LogP) is 5.02. The maximum atomic E-state index is 14.1. The number of carbonyl (C=O) groups is 1. The Kier molecular flexibility index (Phi) is 7.64. The second-order valence-corrected chi connectivity index (χ2v) is 6.81. The molecule has 2 atom stereocenters. The van der Waals surface area contributed by atoms with E-state index in [1.807, 2.05) is 0 Å². The highest BCUT2D eigenvalue weighted by Crippen LogP contribution is 2.60. The van der Waals surface area contributed by atoms with E-state index in [0.717, 1.165) is 13.2 Å². The van der Waals surface area contributed by atoms with Crippen LogP contribution in [0.5, 0.6) is 0 Å². The van der Waals surface area contributed by atoms with Gasteiger partial charge in [0.25, 0.3) is 6.47 Å². The minimum absolute atomic E-state index is 0.0645. The van der Waals surface area contributed by atoms with Gasteiger partial charge >= 0.3 is 6.18 Å². The zero-order valence-corrected chi connectivity index (χ0v) is 15.2. The van der Waals surface area contributed by atoms with Gasteiger partial charge in [-0.2, -0.15) is 13.2 Å². The first-order valence-electron chi connectivity index (χ1n) is 8.00. The number of allylic oxidation sites excluding steroid dienone is 2. The van der Waals surface area contributed by atoms with Crippen LogP contribution in [0, 0.1) is 40.5 Å². The Bertz CT molecular complexity index is 713. The lowest BCUT2D eigenvalue weighted by atomic mass is 9.99. The summed E-state index contributed by atoms with van der Waals surface area (Å²) in [6.45, 7) is 2.37. The Labute approximate surface area is 156 Å². The van der Waals surface area contributed by atoms with Gasteiger partial charge in [-0.05, 0) is 23.7 Å². The molecule has 0 saturated heterocycles. The summed E-state index contributed by atoms with van der Waals surface area (Å²) in [6.07, 6.45) is -3.92. The maximum Gasteiger partial charge on any atom is 0.409 e. The van der Waals surface area contributed by atoms with Crippen molar-refractivity contribution in [2.24, 2.45) is 17.3 Å². The molecule has 0 amide bonds. The molecule has 1 N–H and O–H groups in total. The number of benzene rings is 1. The lowest BCUT2D eigenvalue weighted by Crippen LogP contribution is -2.11. The van der Waals surface area contributed by atoms with Gasteiger partial charge in [0.05, 0.1) is 12.2 Å². The molecule has 2 unspecified atom stereocenters. The molecule has 10 heteroatoms. The Balaban J connectivity index is 0.00000122. The van der Waals surface area contributed by atoms with E-state index < -0.39 is 70.9 Å². The number of halogens is 7. The third kappa shape index (κ3) is 5.24. The molecule has 1 aliphatic rings. The van der Waals surface area contributed by atoms with Crippen LogP contribution in [0.1, 0.15) is 25.0 Å². The molecule has 28 heavy (non-hydrogen) atoms. The van der Waals surface area contributed by atoms with E-state index in [4.69, 9.17) is 9.90 Å². The average Bonchev–Trinajstić information content (AvgIpc) is 3.11. The molecule has 0 aromatic heterocycles. The van der Waals surface area contributed by atoms with Gasteiger partial charge in [-0.1, -0.05) is 19.9 Å². The van der Waals surface area contributed by atoms with Crippen LogP contribution in [-0.4, -0.2) is 24.9 Å². The summed E-state index contributed by atoms with van der Waals surface area (Å²) < 4.78 is 97.5. The monoisotopic (exact) mass is 416 g/mol. The summed E-state index contributed by atoms with van der Waals surface area (Å²) in [5, 5.41) is 6.89. The predicted molar refractivity (Wildman–Crippen MR) is 85.3 cm³/mol. The third-order valence-corrected chi connectivity index (χ3v) is 4.79. The van der Waals surface area contributed by atoms with E-state index in [1.54, 1.807) is 13.8 Å². The molecule has 1 aromatic rings. The van der Waals surface area contributed by atoms with Crippen LogP contribution in [0.15, 0.2) is 12.2 Å². The molecule has 0 spiro atoms. The van der Waals surface area contributed by atoms with Crippen molar-refractivity contribution in [2.75, 3.05) is 7.11 Å². The smallest absolute Gasteiger partial charge is 0.409 e. The molecule has 0 aliphatic heterocycles. The standard InChI is InChI=1S/C17H17F7O.CH2O2/c1-16(2)10(4-5-17(22,23)24)11(16)6-8-12(18)14(20)9(7-25-3)15(21)13(8)19;2-1-3/h4-5,10-11H,6-7H2,1-3H3;1H,(H,2,3)/b5-4-;. The number of hydrogen-bond acceptors (Lipinski definition) is 2. The Hall–Kier alpha value is -2.10. The molecule has 1 aromatic carbocycles. The quantitative estimate of drug-likeness (QED) is 0.317. The van der Waals surface area contributed by atoms with Crippen LogP contribution in [-0.2, 0) is 22.6 Å².